The van der Waals surface area contributed by atoms with Crippen LogP contribution in [0, 0.1) is 11.6 Å². The number of pyridine rings is 1. The molecule has 1 N–H and O–H groups in total. The van der Waals surface area contributed by atoms with Crippen LogP contribution in [-0.4, -0.2) is 10.5 Å². The molecular weight excluding hydrogens is 338 g/mol. The molecule has 0 spiro atoms. The predicted molar refractivity (Wildman–Crippen MR) is 97.4 cm³/mol. The van der Waals surface area contributed by atoms with Gasteiger partial charge in [-0.15, -0.1) is 0 Å². The quantitative estimate of drug-likeness (QED) is 0.740. The molecule has 0 aliphatic heterocycles. The largest absolute Gasteiger partial charge is 0.321 e. The Hall–Kier alpha value is -3.02. The summed E-state index contributed by atoms with van der Waals surface area (Å²) in [5, 5.41) is 3.40. The lowest BCUT2D eigenvalue weighted by Crippen LogP contribution is -2.29. The maximum absolute atomic E-state index is 13.5. The third kappa shape index (κ3) is 3.64. The van der Waals surface area contributed by atoms with Crippen molar-refractivity contribution in [2.45, 2.75) is 26.3 Å². The van der Waals surface area contributed by atoms with Gasteiger partial charge in [0.25, 0.3) is 11.5 Å². The summed E-state index contributed by atoms with van der Waals surface area (Å²) in [5.74, 6) is -1.38. The predicted octanol–water partition coefficient (Wildman–Crippen LogP) is 4.33. The molecule has 6 heteroatoms. The average molecular weight is 356 g/mol. The second kappa shape index (κ2) is 7.47. The topological polar surface area (TPSA) is 51.1 Å². The molecule has 0 unspecified atom stereocenters. The van der Waals surface area contributed by atoms with E-state index >= 15 is 0 Å². The van der Waals surface area contributed by atoms with Gasteiger partial charge in [0.05, 0.1) is 5.39 Å². The van der Waals surface area contributed by atoms with Crippen LogP contribution in [0.1, 0.15) is 30.3 Å². The zero-order valence-corrected chi connectivity index (χ0v) is 14.3. The second-order valence-electron chi connectivity index (χ2n) is 6.03. The lowest BCUT2D eigenvalue weighted by molar-refractivity contribution is 0.101. The van der Waals surface area contributed by atoms with Crippen molar-refractivity contribution >= 4 is 22.4 Å². The van der Waals surface area contributed by atoms with Crippen molar-refractivity contribution in [2.24, 2.45) is 0 Å². The number of hydrogen-bond acceptors (Lipinski definition) is 2. The van der Waals surface area contributed by atoms with Crippen LogP contribution in [0.15, 0.2) is 53.3 Å². The molecule has 0 aliphatic rings. The van der Waals surface area contributed by atoms with Crippen LogP contribution in [0.4, 0.5) is 14.5 Å². The number of halogens is 2. The van der Waals surface area contributed by atoms with Crippen molar-refractivity contribution in [3.8, 4) is 0 Å². The Labute approximate surface area is 149 Å². The van der Waals surface area contributed by atoms with E-state index in [0.717, 1.165) is 6.42 Å². The number of benzene rings is 2. The Morgan fingerprint density at radius 2 is 1.73 bits per heavy atom. The SMILES string of the molecule is CCCCn1c(C(=O)Nc2ccc(F)cc2)cc2ccc(F)cc2c1=O. The number of aromatic nitrogens is 1. The number of amides is 1. The van der Waals surface area contributed by atoms with E-state index in [9.17, 15) is 18.4 Å². The zero-order valence-electron chi connectivity index (χ0n) is 14.3. The molecule has 1 heterocycles. The highest BCUT2D eigenvalue weighted by Crippen LogP contribution is 2.17. The molecule has 4 nitrogen and oxygen atoms in total. The lowest BCUT2D eigenvalue weighted by Gasteiger charge is -2.14. The normalized spacial score (nSPS) is 10.9. The number of nitrogens with zero attached hydrogens (tertiary/aromatic N) is 1. The summed E-state index contributed by atoms with van der Waals surface area (Å²) in [6.07, 6.45) is 1.55. The molecule has 0 fully saturated rings. The van der Waals surface area contributed by atoms with E-state index in [4.69, 9.17) is 0 Å². The van der Waals surface area contributed by atoms with Crippen LogP contribution in [0.25, 0.3) is 10.8 Å². The minimum Gasteiger partial charge on any atom is -0.321 e. The monoisotopic (exact) mass is 356 g/mol. The molecule has 3 rings (SSSR count). The van der Waals surface area contributed by atoms with Gasteiger partial charge in [0.15, 0.2) is 0 Å². The highest BCUT2D eigenvalue weighted by atomic mass is 19.1. The Kier molecular flexibility index (Phi) is 5.11. The van der Waals surface area contributed by atoms with E-state index in [2.05, 4.69) is 5.32 Å². The number of unbranched alkanes of at least 4 members (excludes halogenated alkanes) is 1. The summed E-state index contributed by atoms with van der Waals surface area (Å²) in [6.45, 7) is 2.33. The van der Waals surface area contributed by atoms with Crippen molar-refractivity contribution in [3.05, 3.63) is 76.2 Å². The van der Waals surface area contributed by atoms with Crippen molar-refractivity contribution in [1.82, 2.24) is 4.57 Å². The number of carbonyl (C=O) groups is 1. The fourth-order valence-electron chi connectivity index (χ4n) is 2.77. The van der Waals surface area contributed by atoms with Gasteiger partial charge in [-0.05, 0) is 54.3 Å². The first kappa shape index (κ1) is 17.8. The fraction of sp³-hybridized carbons (Fsp3) is 0.200. The first-order valence-corrected chi connectivity index (χ1v) is 8.39. The van der Waals surface area contributed by atoms with Gasteiger partial charge in [0.1, 0.15) is 17.3 Å². The van der Waals surface area contributed by atoms with Gasteiger partial charge < -0.3 is 9.88 Å². The van der Waals surface area contributed by atoms with Gasteiger partial charge in [-0.2, -0.15) is 0 Å². The van der Waals surface area contributed by atoms with Gasteiger partial charge >= 0.3 is 0 Å². The van der Waals surface area contributed by atoms with E-state index in [1.54, 1.807) is 6.07 Å². The number of nitrogens with one attached hydrogen (secondary N) is 1. The second-order valence-corrected chi connectivity index (χ2v) is 6.03. The Balaban J connectivity index is 2.07. The molecule has 2 aromatic carbocycles. The summed E-state index contributed by atoms with van der Waals surface area (Å²) in [5.41, 5.74) is 0.205. The van der Waals surface area contributed by atoms with Crippen LogP contribution in [0.3, 0.4) is 0 Å². The zero-order chi connectivity index (χ0) is 18.7. The molecule has 0 saturated heterocycles. The maximum Gasteiger partial charge on any atom is 0.272 e. The lowest BCUT2D eigenvalue weighted by atomic mass is 10.1. The molecule has 0 aliphatic carbocycles. The van der Waals surface area contributed by atoms with Crippen molar-refractivity contribution in [2.75, 3.05) is 5.32 Å². The van der Waals surface area contributed by atoms with E-state index in [1.165, 1.54) is 47.0 Å². The molecule has 0 radical (unpaired) electrons. The fourth-order valence-corrected chi connectivity index (χ4v) is 2.77. The minimum absolute atomic E-state index is 0.187. The van der Waals surface area contributed by atoms with Gasteiger partial charge in [-0.25, -0.2) is 8.78 Å². The van der Waals surface area contributed by atoms with Crippen molar-refractivity contribution in [1.29, 1.82) is 0 Å². The molecule has 0 atom stereocenters. The Morgan fingerprint density at radius 1 is 1.04 bits per heavy atom. The van der Waals surface area contributed by atoms with Crippen molar-refractivity contribution in [3.63, 3.8) is 0 Å². The van der Waals surface area contributed by atoms with Gasteiger partial charge in [-0.1, -0.05) is 19.4 Å². The minimum atomic E-state index is -0.500. The number of hydrogen-bond donors (Lipinski definition) is 1. The van der Waals surface area contributed by atoms with Gasteiger partial charge in [0, 0.05) is 12.2 Å². The van der Waals surface area contributed by atoms with Crippen LogP contribution >= 0.6 is 0 Å². The number of rotatable bonds is 5. The highest BCUT2D eigenvalue weighted by Gasteiger charge is 2.16. The average Bonchev–Trinajstić information content (AvgIpc) is 2.63. The molecule has 0 saturated carbocycles. The van der Waals surface area contributed by atoms with E-state index in [-0.39, 0.29) is 11.1 Å². The molecular formula is C20H18F2N2O2. The molecule has 3 aromatic rings. The summed E-state index contributed by atoms with van der Waals surface area (Å²) < 4.78 is 27.9. The molecule has 1 aromatic heterocycles. The molecule has 134 valence electrons. The van der Waals surface area contributed by atoms with E-state index in [0.29, 0.717) is 24.0 Å². The third-order valence-electron chi connectivity index (χ3n) is 4.14. The molecule has 1 amide bonds. The van der Waals surface area contributed by atoms with Crippen LogP contribution in [0.2, 0.25) is 0 Å². The third-order valence-corrected chi connectivity index (χ3v) is 4.14. The summed E-state index contributed by atoms with van der Waals surface area (Å²) in [7, 11) is 0. The van der Waals surface area contributed by atoms with Gasteiger partial charge in [-0.3, -0.25) is 9.59 Å². The van der Waals surface area contributed by atoms with Crippen LogP contribution in [-0.2, 0) is 6.54 Å². The summed E-state index contributed by atoms with van der Waals surface area (Å²) in [6, 6.07) is 10.8. The van der Waals surface area contributed by atoms with Gasteiger partial charge in [0.2, 0.25) is 0 Å². The highest BCUT2D eigenvalue weighted by molar-refractivity contribution is 6.05. The maximum atomic E-state index is 13.5. The molecule has 26 heavy (non-hydrogen) atoms. The number of fused-ring (bicyclic) bond motifs is 1. The van der Waals surface area contributed by atoms with E-state index < -0.39 is 23.1 Å². The smallest absolute Gasteiger partial charge is 0.272 e. The molecule has 0 bridgehead atoms. The summed E-state index contributed by atoms with van der Waals surface area (Å²) >= 11 is 0. The first-order chi connectivity index (χ1) is 12.5. The van der Waals surface area contributed by atoms with Crippen molar-refractivity contribution < 1.29 is 13.6 Å². The standard InChI is InChI=1S/C20H18F2N2O2/c1-2-3-10-24-18(19(25)23-16-8-6-14(21)7-9-16)11-13-4-5-15(22)12-17(13)20(24)26/h4-9,11-12H,2-3,10H2,1H3,(H,23,25). The first-order valence-electron chi connectivity index (χ1n) is 8.39. The van der Waals surface area contributed by atoms with Crippen LogP contribution in [0.5, 0.6) is 0 Å². The Morgan fingerprint density at radius 3 is 2.42 bits per heavy atom. The summed E-state index contributed by atoms with van der Waals surface area (Å²) in [4.78, 5) is 25.5. The Bertz CT molecular complexity index is 1010. The van der Waals surface area contributed by atoms with Crippen LogP contribution < -0.4 is 10.9 Å². The van der Waals surface area contributed by atoms with E-state index in [1.807, 2.05) is 6.92 Å². The number of carbonyl (C=O) groups excluding carboxylic acids is 1. The number of anilines is 1.